The molecule has 0 saturated carbocycles. The van der Waals surface area contributed by atoms with Crippen molar-refractivity contribution in [3.63, 3.8) is 0 Å². The van der Waals surface area contributed by atoms with E-state index in [-0.39, 0.29) is 18.6 Å². The number of benzene rings is 2. The average Bonchev–Trinajstić information content (AvgIpc) is 3.09. The molecule has 0 N–H and O–H groups in total. The Labute approximate surface area is 204 Å². The van der Waals surface area contributed by atoms with Gasteiger partial charge in [0.05, 0.1) is 5.41 Å². The molecule has 4 rings (SSSR count). The Kier molecular flexibility index (Phi) is 6.96. The van der Waals surface area contributed by atoms with Crippen LogP contribution in [0, 0.1) is 0 Å². The van der Waals surface area contributed by atoms with Crippen LogP contribution in [0.1, 0.15) is 49.3 Å². The number of likely N-dealkylation sites (tertiary alicyclic amines) is 1. The number of hydrogen-bond acceptors (Lipinski definition) is 3. The lowest BCUT2D eigenvalue weighted by Gasteiger charge is -2.39. The number of ether oxygens (including phenoxy) is 1. The maximum Gasteiger partial charge on any atom is 0.409 e. The first kappa shape index (κ1) is 23.6. The van der Waals surface area contributed by atoms with Crippen LogP contribution in [0.15, 0.2) is 66.3 Å². The summed E-state index contributed by atoms with van der Waals surface area (Å²) in [6.07, 6.45) is 4.65. The van der Waals surface area contributed by atoms with Gasteiger partial charge in [0, 0.05) is 24.0 Å². The predicted octanol–water partition coefficient (Wildman–Crippen LogP) is 6.72. The van der Waals surface area contributed by atoms with E-state index in [1.165, 1.54) is 22.3 Å². The SMILES string of the molecule is C/C=C\C1=C(C)c2ccccc2C1COC(=O)N1CCC(C(=O)Cl)(c2ccc(Cl)cc2)CC1. The Balaban J connectivity index is 1.43. The number of piperidine rings is 1. The minimum absolute atomic E-state index is 0.0173. The van der Waals surface area contributed by atoms with Crippen molar-refractivity contribution in [1.82, 2.24) is 4.90 Å². The highest BCUT2D eigenvalue weighted by Gasteiger charge is 2.43. The molecule has 1 fully saturated rings. The van der Waals surface area contributed by atoms with E-state index >= 15 is 0 Å². The number of nitrogens with zero attached hydrogens (tertiary/aromatic N) is 1. The lowest BCUT2D eigenvalue weighted by atomic mass is 9.74. The second kappa shape index (κ2) is 9.74. The van der Waals surface area contributed by atoms with E-state index in [4.69, 9.17) is 27.9 Å². The third-order valence-corrected chi connectivity index (χ3v) is 7.53. The standard InChI is InChI=1S/C27H27Cl2NO3/c1-3-6-21-18(2)22-7-4-5-8-23(22)24(21)17-33-26(32)30-15-13-27(14-16-30,25(29)31)19-9-11-20(28)12-10-19/h3-12,24H,13-17H2,1-2H3/b6-3-. The first-order valence-electron chi connectivity index (χ1n) is 11.2. The minimum atomic E-state index is -0.813. The molecule has 33 heavy (non-hydrogen) atoms. The Hall–Kier alpha value is -2.56. The number of fused-ring (bicyclic) bond motifs is 1. The molecule has 1 heterocycles. The highest BCUT2D eigenvalue weighted by atomic mass is 35.5. The minimum Gasteiger partial charge on any atom is -0.448 e. The van der Waals surface area contributed by atoms with Crippen molar-refractivity contribution < 1.29 is 14.3 Å². The summed E-state index contributed by atoms with van der Waals surface area (Å²) in [7, 11) is 0. The molecule has 2 aliphatic rings. The topological polar surface area (TPSA) is 46.6 Å². The molecule has 2 aromatic rings. The van der Waals surface area contributed by atoms with Crippen LogP contribution >= 0.6 is 23.2 Å². The van der Waals surface area contributed by atoms with E-state index in [1.807, 2.05) is 37.3 Å². The summed E-state index contributed by atoms with van der Waals surface area (Å²) in [6, 6.07) is 15.5. The van der Waals surface area contributed by atoms with Crippen molar-refractivity contribution in [3.05, 3.63) is 88.0 Å². The first-order valence-corrected chi connectivity index (χ1v) is 11.9. The molecule has 0 aromatic heterocycles. The molecule has 1 saturated heterocycles. The van der Waals surface area contributed by atoms with Crippen LogP contribution in [-0.2, 0) is 14.9 Å². The number of carbonyl (C=O) groups excluding carboxylic acids is 2. The Morgan fingerprint density at radius 3 is 2.42 bits per heavy atom. The molecule has 1 aliphatic heterocycles. The van der Waals surface area contributed by atoms with Gasteiger partial charge in [-0.05, 0) is 78.3 Å². The third-order valence-electron chi connectivity index (χ3n) is 6.92. The molecule has 1 unspecified atom stereocenters. The smallest absolute Gasteiger partial charge is 0.409 e. The number of amides is 1. The van der Waals surface area contributed by atoms with Crippen LogP contribution in [0.4, 0.5) is 4.79 Å². The molecule has 4 nitrogen and oxygen atoms in total. The number of carbonyl (C=O) groups is 2. The quantitative estimate of drug-likeness (QED) is 0.443. The van der Waals surface area contributed by atoms with Gasteiger partial charge in [-0.15, -0.1) is 0 Å². The van der Waals surface area contributed by atoms with Gasteiger partial charge in [0.25, 0.3) is 0 Å². The fourth-order valence-electron chi connectivity index (χ4n) is 5.01. The van der Waals surface area contributed by atoms with E-state index in [0.717, 1.165) is 5.56 Å². The summed E-state index contributed by atoms with van der Waals surface area (Å²) in [5.41, 5.74) is 4.81. The van der Waals surface area contributed by atoms with Gasteiger partial charge in [-0.2, -0.15) is 0 Å². The fourth-order valence-corrected chi connectivity index (χ4v) is 5.44. The maximum absolute atomic E-state index is 12.9. The van der Waals surface area contributed by atoms with Gasteiger partial charge in [-0.25, -0.2) is 4.79 Å². The lowest BCUT2D eigenvalue weighted by Crippen LogP contribution is -2.48. The monoisotopic (exact) mass is 483 g/mol. The molecule has 0 bridgehead atoms. The van der Waals surface area contributed by atoms with Gasteiger partial charge >= 0.3 is 6.09 Å². The molecule has 0 spiro atoms. The Bertz CT molecular complexity index is 1110. The molecule has 0 radical (unpaired) electrons. The Morgan fingerprint density at radius 2 is 1.79 bits per heavy atom. The van der Waals surface area contributed by atoms with Gasteiger partial charge in [0.15, 0.2) is 0 Å². The number of allylic oxidation sites excluding steroid dienone is 3. The summed E-state index contributed by atoms with van der Waals surface area (Å²) in [4.78, 5) is 27.0. The summed E-state index contributed by atoms with van der Waals surface area (Å²) in [5.74, 6) is 0.0173. The zero-order chi connectivity index (χ0) is 23.6. The molecule has 1 amide bonds. The van der Waals surface area contributed by atoms with Crippen LogP contribution in [-0.4, -0.2) is 35.9 Å². The Morgan fingerprint density at radius 1 is 1.12 bits per heavy atom. The van der Waals surface area contributed by atoms with E-state index < -0.39 is 10.7 Å². The van der Waals surface area contributed by atoms with Crippen molar-refractivity contribution in [1.29, 1.82) is 0 Å². The zero-order valence-electron chi connectivity index (χ0n) is 18.8. The third kappa shape index (κ3) is 4.47. The van der Waals surface area contributed by atoms with Crippen molar-refractivity contribution >= 4 is 40.1 Å². The molecular formula is C27H27Cl2NO3. The molecular weight excluding hydrogens is 457 g/mol. The maximum atomic E-state index is 12.9. The van der Waals surface area contributed by atoms with Gasteiger partial charge in [-0.3, -0.25) is 4.79 Å². The van der Waals surface area contributed by atoms with E-state index in [0.29, 0.717) is 31.0 Å². The van der Waals surface area contributed by atoms with Crippen molar-refractivity contribution in [2.24, 2.45) is 0 Å². The average molecular weight is 484 g/mol. The highest BCUT2D eigenvalue weighted by Crippen LogP contribution is 2.43. The zero-order valence-corrected chi connectivity index (χ0v) is 20.3. The van der Waals surface area contributed by atoms with E-state index in [9.17, 15) is 9.59 Å². The molecule has 1 atom stereocenters. The van der Waals surface area contributed by atoms with Gasteiger partial charge < -0.3 is 9.64 Å². The lowest BCUT2D eigenvalue weighted by molar-refractivity contribution is -0.118. The number of halogens is 2. The number of rotatable bonds is 5. The highest BCUT2D eigenvalue weighted by molar-refractivity contribution is 6.65. The van der Waals surface area contributed by atoms with Crippen molar-refractivity contribution in [3.8, 4) is 0 Å². The van der Waals surface area contributed by atoms with Crippen molar-refractivity contribution in [2.75, 3.05) is 19.7 Å². The summed E-state index contributed by atoms with van der Waals surface area (Å²) in [5, 5.41) is 0.198. The van der Waals surface area contributed by atoms with Crippen LogP contribution in [0.2, 0.25) is 5.02 Å². The van der Waals surface area contributed by atoms with Crippen LogP contribution in [0.5, 0.6) is 0 Å². The van der Waals surface area contributed by atoms with Crippen LogP contribution < -0.4 is 0 Å². The molecule has 172 valence electrons. The second-order valence-electron chi connectivity index (χ2n) is 8.65. The summed E-state index contributed by atoms with van der Waals surface area (Å²) in [6.45, 7) is 5.18. The number of hydrogen-bond donors (Lipinski definition) is 0. The van der Waals surface area contributed by atoms with Crippen LogP contribution in [0.25, 0.3) is 5.57 Å². The van der Waals surface area contributed by atoms with E-state index in [2.05, 4.69) is 25.1 Å². The predicted molar refractivity (Wildman–Crippen MR) is 133 cm³/mol. The normalized spacial score (nSPS) is 19.6. The first-order chi connectivity index (χ1) is 15.9. The largest absolute Gasteiger partial charge is 0.448 e. The van der Waals surface area contributed by atoms with Crippen LogP contribution in [0.3, 0.4) is 0 Å². The fraction of sp³-hybridized carbons (Fsp3) is 0.333. The van der Waals surface area contributed by atoms with Gasteiger partial charge in [-0.1, -0.05) is 60.2 Å². The summed E-state index contributed by atoms with van der Waals surface area (Å²) >= 11 is 12.1. The van der Waals surface area contributed by atoms with Gasteiger partial charge in [0.1, 0.15) is 6.61 Å². The summed E-state index contributed by atoms with van der Waals surface area (Å²) < 4.78 is 5.78. The van der Waals surface area contributed by atoms with Crippen molar-refractivity contribution in [2.45, 2.75) is 38.0 Å². The molecule has 1 aliphatic carbocycles. The molecule has 6 heteroatoms. The second-order valence-corrected chi connectivity index (χ2v) is 9.43. The van der Waals surface area contributed by atoms with E-state index in [1.54, 1.807) is 17.0 Å². The molecule has 2 aromatic carbocycles. The van der Waals surface area contributed by atoms with Gasteiger partial charge in [0.2, 0.25) is 5.24 Å².